The van der Waals surface area contributed by atoms with Gasteiger partial charge in [-0.15, -0.1) is 0 Å². The Hall–Kier alpha value is -4.06. The predicted molar refractivity (Wildman–Crippen MR) is 141 cm³/mol. The molecule has 0 bridgehead atoms. The van der Waals surface area contributed by atoms with E-state index in [1.165, 1.54) is 4.90 Å². The highest BCUT2D eigenvalue weighted by atomic mass is 16.5. The van der Waals surface area contributed by atoms with Gasteiger partial charge in [0.1, 0.15) is 17.3 Å². The highest BCUT2D eigenvalue weighted by Gasteiger charge is 2.47. The minimum atomic E-state index is -0.796. The summed E-state index contributed by atoms with van der Waals surface area (Å²) in [6.07, 6.45) is 0.00244. The number of hydrogen-bond acceptors (Lipinski definition) is 5. The number of hydrogen-bond donors (Lipinski definition) is 1. The normalized spacial score (nSPS) is 17.1. The molecule has 1 heterocycles. The van der Waals surface area contributed by atoms with E-state index in [-0.39, 0.29) is 17.4 Å². The molecule has 1 atom stereocenters. The zero-order valence-corrected chi connectivity index (χ0v) is 21.2. The van der Waals surface area contributed by atoms with Crippen molar-refractivity contribution >= 4 is 23.1 Å². The molecule has 1 saturated heterocycles. The molecule has 36 heavy (non-hydrogen) atoms. The van der Waals surface area contributed by atoms with E-state index in [1.54, 1.807) is 30.3 Å². The topological polar surface area (TPSA) is 76.1 Å². The summed E-state index contributed by atoms with van der Waals surface area (Å²) in [6.45, 7) is 10.1. The molecule has 6 nitrogen and oxygen atoms in total. The van der Waals surface area contributed by atoms with Gasteiger partial charge >= 0.3 is 0 Å². The first-order chi connectivity index (χ1) is 17.2. The Bertz CT molecular complexity index is 1310. The molecule has 186 valence electrons. The minimum Gasteiger partial charge on any atom is -0.507 e. The number of nitrogens with zero attached hydrogens (tertiary/aromatic N) is 1. The molecule has 3 aromatic carbocycles. The molecule has 1 unspecified atom stereocenters. The van der Waals surface area contributed by atoms with Crippen LogP contribution in [0.1, 0.15) is 49.1 Å². The minimum absolute atomic E-state index is 0.00244. The summed E-state index contributed by atoms with van der Waals surface area (Å²) >= 11 is 0. The Kier molecular flexibility index (Phi) is 7.15. The summed E-state index contributed by atoms with van der Waals surface area (Å²) in [4.78, 5) is 28.1. The first-order valence-corrected chi connectivity index (χ1v) is 12.1. The van der Waals surface area contributed by atoms with Gasteiger partial charge < -0.3 is 14.6 Å². The molecule has 3 aromatic rings. The van der Waals surface area contributed by atoms with E-state index in [0.717, 1.165) is 11.1 Å². The van der Waals surface area contributed by atoms with E-state index in [0.29, 0.717) is 34.9 Å². The number of aryl methyl sites for hydroxylation is 2. The van der Waals surface area contributed by atoms with Gasteiger partial charge in [0.2, 0.25) is 0 Å². The SMILES string of the molecule is CCOc1ccc(C2/C(=C(/O)c3ccc(OC(C)C)c(C)c3)C(=O)C(=O)N2c2ccc(C)cc2)cc1. The number of carbonyl (C=O) groups is 2. The summed E-state index contributed by atoms with van der Waals surface area (Å²) in [5.74, 6) is -0.251. The number of ether oxygens (including phenoxy) is 2. The number of benzene rings is 3. The van der Waals surface area contributed by atoms with Crippen LogP contribution in [0.3, 0.4) is 0 Å². The average Bonchev–Trinajstić information content (AvgIpc) is 3.11. The second kappa shape index (κ2) is 10.3. The van der Waals surface area contributed by atoms with Gasteiger partial charge in [0.25, 0.3) is 11.7 Å². The molecule has 0 aromatic heterocycles. The number of aliphatic hydroxyl groups excluding tert-OH is 1. The maximum Gasteiger partial charge on any atom is 0.300 e. The van der Waals surface area contributed by atoms with E-state index in [1.807, 2.05) is 71.0 Å². The third kappa shape index (κ3) is 4.85. The van der Waals surface area contributed by atoms with Gasteiger partial charge in [-0.3, -0.25) is 14.5 Å². The summed E-state index contributed by atoms with van der Waals surface area (Å²) in [6, 6.07) is 19.1. The van der Waals surface area contributed by atoms with Crippen molar-refractivity contribution in [1.29, 1.82) is 0 Å². The molecule has 0 spiro atoms. The van der Waals surface area contributed by atoms with Crippen molar-refractivity contribution in [3.05, 3.63) is 94.6 Å². The number of rotatable bonds is 7. The molecule has 0 saturated carbocycles. The van der Waals surface area contributed by atoms with E-state index < -0.39 is 17.7 Å². The molecule has 1 N–H and O–H groups in total. The Labute approximate surface area is 211 Å². The molecular weight excluding hydrogens is 454 g/mol. The highest BCUT2D eigenvalue weighted by molar-refractivity contribution is 6.51. The summed E-state index contributed by atoms with van der Waals surface area (Å²) in [5.41, 5.74) is 3.61. The summed E-state index contributed by atoms with van der Waals surface area (Å²) in [5, 5.41) is 11.4. The van der Waals surface area contributed by atoms with E-state index in [2.05, 4.69) is 0 Å². The number of anilines is 1. The van der Waals surface area contributed by atoms with Crippen molar-refractivity contribution in [3.8, 4) is 11.5 Å². The third-order valence-corrected chi connectivity index (χ3v) is 6.07. The number of Topliss-reactive ketones (excluding diaryl/α,β-unsaturated/α-hetero) is 1. The van der Waals surface area contributed by atoms with Crippen molar-refractivity contribution in [1.82, 2.24) is 0 Å². The molecule has 6 heteroatoms. The lowest BCUT2D eigenvalue weighted by Crippen LogP contribution is -2.29. The van der Waals surface area contributed by atoms with Crippen LogP contribution in [-0.2, 0) is 9.59 Å². The molecule has 0 radical (unpaired) electrons. The fourth-order valence-electron chi connectivity index (χ4n) is 4.37. The Morgan fingerprint density at radius 1 is 0.972 bits per heavy atom. The lowest BCUT2D eigenvalue weighted by atomic mass is 9.94. The molecule has 1 aliphatic rings. The fourth-order valence-corrected chi connectivity index (χ4v) is 4.37. The second-order valence-electron chi connectivity index (χ2n) is 9.15. The Morgan fingerprint density at radius 2 is 1.64 bits per heavy atom. The maximum absolute atomic E-state index is 13.4. The average molecular weight is 486 g/mol. The second-order valence-corrected chi connectivity index (χ2v) is 9.15. The molecule has 1 aliphatic heterocycles. The van der Waals surface area contributed by atoms with Crippen LogP contribution >= 0.6 is 0 Å². The number of amides is 1. The maximum atomic E-state index is 13.4. The molecule has 1 amide bonds. The number of ketones is 1. The molecule has 0 aliphatic carbocycles. The smallest absolute Gasteiger partial charge is 0.300 e. The summed E-state index contributed by atoms with van der Waals surface area (Å²) < 4.78 is 11.4. The van der Waals surface area contributed by atoms with Crippen molar-refractivity contribution in [3.63, 3.8) is 0 Å². The number of carbonyl (C=O) groups excluding carboxylic acids is 2. The van der Waals surface area contributed by atoms with Crippen LogP contribution < -0.4 is 14.4 Å². The van der Waals surface area contributed by atoms with Crippen molar-refractivity contribution in [2.24, 2.45) is 0 Å². The van der Waals surface area contributed by atoms with Crippen molar-refractivity contribution in [2.75, 3.05) is 11.5 Å². The van der Waals surface area contributed by atoms with Crippen LogP contribution in [0.2, 0.25) is 0 Å². The zero-order chi connectivity index (χ0) is 26.0. The monoisotopic (exact) mass is 485 g/mol. The Morgan fingerprint density at radius 3 is 2.22 bits per heavy atom. The van der Waals surface area contributed by atoms with Crippen molar-refractivity contribution < 1.29 is 24.2 Å². The van der Waals surface area contributed by atoms with Crippen LogP contribution in [0.15, 0.2) is 72.3 Å². The van der Waals surface area contributed by atoms with E-state index >= 15 is 0 Å². The van der Waals surface area contributed by atoms with Crippen LogP contribution in [0.5, 0.6) is 11.5 Å². The van der Waals surface area contributed by atoms with Gasteiger partial charge in [-0.05, 0) is 88.2 Å². The molecule has 4 rings (SSSR count). The van der Waals surface area contributed by atoms with E-state index in [4.69, 9.17) is 9.47 Å². The molecule has 1 fully saturated rings. The third-order valence-electron chi connectivity index (χ3n) is 6.07. The van der Waals surface area contributed by atoms with Gasteiger partial charge in [0.15, 0.2) is 0 Å². The lowest BCUT2D eigenvalue weighted by molar-refractivity contribution is -0.132. The van der Waals surface area contributed by atoms with Gasteiger partial charge in [-0.25, -0.2) is 0 Å². The van der Waals surface area contributed by atoms with Crippen LogP contribution in [0.4, 0.5) is 5.69 Å². The fraction of sp³-hybridized carbons (Fsp3) is 0.267. The van der Waals surface area contributed by atoms with Crippen LogP contribution in [0, 0.1) is 13.8 Å². The molecular formula is C30H31NO5. The zero-order valence-electron chi connectivity index (χ0n) is 21.2. The lowest BCUT2D eigenvalue weighted by Gasteiger charge is -2.26. The van der Waals surface area contributed by atoms with Gasteiger partial charge in [0.05, 0.1) is 24.3 Å². The van der Waals surface area contributed by atoms with Gasteiger partial charge in [0, 0.05) is 11.3 Å². The van der Waals surface area contributed by atoms with Crippen LogP contribution in [0.25, 0.3) is 5.76 Å². The number of aliphatic hydroxyl groups is 1. The quantitative estimate of drug-likeness (QED) is 0.248. The van der Waals surface area contributed by atoms with Gasteiger partial charge in [-0.1, -0.05) is 29.8 Å². The Balaban J connectivity index is 1.86. The van der Waals surface area contributed by atoms with Gasteiger partial charge in [-0.2, -0.15) is 0 Å². The largest absolute Gasteiger partial charge is 0.507 e. The van der Waals surface area contributed by atoms with E-state index in [9.17, 15) is 14.7 Å². The predicted octanol–water partition coefficient (Wildman–Crippen LogP) is 6.12. The van der Waals surface area contributed by atoms with Crippen molar-refractivity contribution in [2.45, 2.75) is 46.8 Å². The highest BCUT2D eigenvalue weighted by Crippen LogP contribution is 2.42. The summed E-state index contributed by atoms with van der Waals surface area (Å²) in [7, 11) is 0. The first kappa shape index (κ1) is 25.0. The standard InChI is InChI=1S/C30H31NO5/c1-6-35-24-14-9-21(10-15-24)27-26(28(32)22-11-16-25(20(5)17-22)36-18(2)3)29(33)30(34)31(27)23-12-7-19(4)8-13-23/h7-18,27,32H,6H2,1-5H3/b28-26-. The first-order valence-electron chi connectivity index (χ1n) is 12.1. The van der Waals surface area contributed by atoms with Crippen LogP contribution in [-0.4, -0.2) is 29.5 Å².